The van der Waals surface area contributed by atoms with Gasteiger partial charge in [-0.05, 0) is 0 Å². The zero-order valence-electron chi connectivity index (χ0n) is 25.3. The van der Waals surface area contributed by atoms with Crippen LogP contribution in [0.5, 0.6) is 0 Å². The molecule has 18 nitrogen and oxygen atoms in total. The van der Waals surface area contributed by atoms with Crippen LogP contribution in [0, 0.1) is 36.8 Å². The van der Waals surface area contributed by atoms with Gasteiger partial charge in [-0.15, -0.1) is 12.8 Å². The average Bonchev–Trinajstić information content (AvgIpc) is 3.80. The van der Waals surface area contributed by atoms with Crippen LogP contribution in [-0.4, -0.2) is 97.8 Å². The first kappa shape index (κ1) is 36.3. The molecule has 2 fully saturated rings. The van der Waals surface area contributed by atoms with E-state index in [9.17, 15) is 28.6 Å². The second kappa shape index (κ2) is 13.9. The van der Waals surface area contributed by atoms with Crippen molar-refractivity contribution in [3.05, 3.63) is 24.8 Å². The number of aliphatic hydroxyl groups excluding tert-OH is 2. The molecular weight excluding hydrogens is 654 g/mol. The molecule has 49 heavy (non-hydrogen) atoms. The van der Waals surface area contributed by atoms with Gasteiger partial charge in [0.2, 0.25) is 5.60 Å². The minimum Gasteiger partial charge on any atom is -0.462 e. The normalized spacial score (nSPS) is 25.9. The van der Waals surface area contributed by atoms with E-state index >= 15 is 0 Å². The van der Waals surface area contributed by atoms with Gasteiger partial charge in [-0.25, -0.2) is 9.97 Å². The number of terminal acetylenes is 2. The van der Waals surface area contributed by atoms with E-state index in [4.69, 9.17) is 43.3 Å². The number of imidazole rings is 2. The Kier molecular flexibility index (Phi) is 10.3. The van der Waals surface area contributed by atoms with Gasteiger partial charge in [0, 0.05) is 26.7 Å². The number of aliphatic hydroxyl groups is 2. The van der Waals surface area contributed by atoms with Gasteiger partial charge >= 0.3 is 24.1 Å². The molecule has 6 atom stereocenters. The summed E-state index contributed by atoms with van der Waals surface area (Å²) in [6, 6.07) is 0. The molecule has 2 saturated heterocycles. The maximum Gasteiger partial charge on any atom is 0.312 e. The van der Waals surface area contributed by atoms with Crippen LogP contribution >= 0.6 is 0 Å². The highest BCUT2D eigenvalue weighted by Crippen LogP contribution is 2.40. The van der Waals surface area contributed by atoms with Crippen molar-refractivity contribution in [3.63, 3.8) is 0 Å². The Morgan fingerprint density at radius 3 is 1.86 bits per heavy atom. The summed E-state index contributed by atoms with van der Waals surface area (Å²) >= 11 is 0. The number of hydrogen-bond donors (Lipinski definition) is 4. The molecule has 0 unspecified atom stereocenters. The van der Waals surface area contributed by atoms with Crippen molar-refractivity contribution in [2.75, 3.05) is 24.7 Å². The molecule has 4 aromatic heterocycles. The first-order chi connectivity index (χ1) is 22.8. The van der Waals surface area contributed by atoms with Crippen LogP contribution in [0.4, 0.5) is 20.4 Å². The van der Waals surface area contributed by atoms with E-state index in [1.54, 1.807) is 0 Å². The van der Waals surface area contributed by atoms with Gasteiger partial charge in [0.05, 0.1) is 19.3 Å². The van der Waals surface area contributed by atoms with Crippen molar-refractivity contribution in [3.8, 4) is 24.7 Å². The van der Waals surface area contributed by atoms with Crippen LogP contribution in [0.1, 0.15) is 46.6 Å². The first-order valence-corrected chi connectivity index (χ1v) is 14.0. The van der Waals surface area contributed by atoms with Crippen LogP contribution in [0.3, 0.4) is 0 Å². The van der Waals surface area contributed by atoms with Crippen molar-refractivity contribution in [1.82, 2.24) is 39.0 Å². The lowest BCUT2D eigenvalue weighted by atomic mass is 9.98. The first-order valence-electron chi connectivity index (χ1n) is 14.0. The van der Waals surface area contributed by atoms with Crippen LogP contribution in [-0.2, 0) is 28.5 Å². The van der Waals surface area contributed by atoms with Crippen LogP contribution in [0.2, 0.25) is 0 Å². The highest BCUT2D eigenvalue weighted by molar-refractivity contribution is 5.82. The van der Waals surface area contributed by atoms with Gasteiger partial charge in [-0.2, -0.15) is 28.7 Å². The molecule has 0 spiro atoms. The number of nitrogens with zero attached hydrogens (tertiary/aromatic N) is 8. The Labute approximate surface area is 276 Å². The fourth-order valence-electron chi connectivity index (χ4n) is 5.24. The zero-order valence-corrected chi connectivity index (χ0v) is 25.3. The number of rotatable bonds is 6. The Hall–Kier alpha value is -5.54. The molecule has 6 heterocycles. The van der Waals surface area contributed by atoms with Gasteiger partial charge in [0.1, 0.15) is 31.3 Å². The molecule has 4 aromatic rings. The quantitative estimate of drug-likeness (QED) is 0.120. The smallest absolute Gasteiger partial charge is 0.312 e. The van der Waals surface area contributed by atoms with Crippen molar-refractivity contribution in [1.29, 1.82) is 0 Å². The summed E-state index contributed by atoms with van der Waals surface area (Å²) in [5, 5.41) is 19.3. The summed E-state index contributed by atoms with van der Waals surface area (Å²) in [7, 11) is 0. The number of aromatic nitrogens is 8. The van der Waals surface area contributed by atoms with E-state index < -0.39 is 66.6 Å². The summed E-state index contributed by atoms with van der Waals surface area (Å²) in [4.78, 5) is 44.9. The predicted octanol–water partition coefficient (Wildman–Crippen LogP) is 0.161. The summed E-state index contributed by atoms with van der Waals surface area (Å²) in [6.45, 7) is 1.56. The fraction of sp³-hybridized carbons (Fsp3) is 0.448. The number of fused-ring (bicyclic) bond motifs is 2. The van der Waals surface area contributed by atoms with Crippen molar-refractivity contribution in [2.24, 2.45) is 0 Å². The third kappa shape index (κ3) is 6.75. The predicted molar refractivity (Wildman–Crippen MR) is 164 cm³/mol. The number of esters is 2. The SMILES string of the molecule is C.C#C[C@]1(CO)O[C@@H](n2cnc3c(N)nc(F)nc32)C[C@H]1O.C#C[C@]1(COC(C)=O)O[C@@H](n2cnc3c(N)nc(F)nc32)C[C@H]1OC(C)=O. The largest absolute Gasteiger partial charge is 0.462 e. The Balaban J connectivity index is 0.000000223. The molecule has 260 valence electrons. The van der Waals surface area contributed by atoms with Crippen molar-refractivity contribution < 1.29 is 47.5 Å². The minimum absolute atomic E-state index is 0. The summed E-state index contributed by atoms with van der Waals surface area (Å²) < 4.78 is 51.4. The monoisotopic (exact) mass is 686 g/mol. The van der Waals surface area contributed by atoms with Gasteiger partial charge in [0.25, 0.3) is 0 Å². The van der Waals surface area contributed by atoms with E-state index in [0.717, 1.165) is 0 Å². The number of hydrogen-bond acceptors (Lipinski definition) is 16. The van der Waals surface area contributed by atoms with E-state index in [1.165, 1.54) is 35.6 Å². The van der Waals surface area contributed by atoms with Gasteiger partial charge in [0.15, 0.2) is 39.6 Å². The third-order valence-corrected chi connectivity index (χ3v) is 7.58. The van der Waals surface area contributed by atoms with Crippen LogP contribution in [0.15, 0.2) is 12.7 Å². The summed E-state index contributed by atoms with van der Waals surface area (Å²) in [5.41, 5.74) is 8.83. The van der Waals surface area contributed by atoms with Crippen LogP contribution < -0.4 is 11.5 Å². The zero-order chi connectivity index (χ0) is 35.0. The standard InChI is InChI=1S/C16H16FN5O5.C12H12FN5O3.CH4/c1-4-16(6-25-8(2)23)10(26-9(3)24)5-11(27-16)22-7-19-12-13(18)20-15(17)21-14(12)22;1-2-12(4-19)6(20)3-7(21-12)18-5-15-8-9(14)16-11(13)17-10(8)18;/h1,7,10-11H,5-6H2,2-3H3,(H2,18,20,21);1,5-7,19-20H,3-4H2,(H2,14,16,17);1H4/t10-,11-,16-;6-,7-,12-;/m11./s1. The molecule has 0 amide bonds. The van der Waals surface area contributed by atoms with Crippen LogP contribution in [0.25, 0.3) is 22.3 Å². The molecule has 0 aromatic carbocycles. The van der Waals surface area contributed by atoms with E-state index in [2.05, 4.69) is 41.7 Å². The Morgan fingerprint density at radius 1 is 0.939 bits per heavy atom. The number of ether oxygens (including phenoxy) is 4. The van der Waals surface area contributed by atoms with E-state index in [-0.39, 0.29) is 60.8 Å². The lowest BCUT2D eigenvalue weighted by Gasteiger charge is -2.28. The summed E-state index contributed by atoms with van der Waals surface area (Å²) in [6.07, 6.45) is 8.24. The molecule has 0 saturated carbocycles. The summed E-state index contributed by atoms with van der Waals surface area (Å²) in [5.74, 6) is 3.27. The Bertz CT molecular complexity index is 1980. The van der Waals surface area contributed by atoms with Gasteiger partial charge < -0.3 is 40.6 Å². The average molecular weight is 687 g/mol. The molecule has 0 aliphatic carbocycles. The van der Waals surface area contributed by atoms with Gasteiger partial charge in [-0.1, -0.05) is 19.3 Å². The second-order valence-corrected chi connectivity index (χ2v) is 10.6. The number of nitrogen functional groups attached to an aromatic ring is 2. The maximum absolute atomic E-state index is 13.6. The van der Waals surface area contributed by atoms with Crippen molar-refractivity contribution >= 4 is 45.9 Å². The molecule has 2 aliphatic heterocycles. The highest BCUT2D eigenvalue weighted by Gasteiger charge is 2.52. The van der Waals surface area contributed by atoms with Gasteiger partial charge in [-0.3, -0.25) is 18.7 Å². The molecule has 0 radical (unpaired) electrons. The number of nitrogens with two attached hydrogens (primary N) is 2. The molecular formula is C29H32F2N10O8. The topological polar surface area (TPSA) is 251 Å². The molecule has 6 rings (SSSR count). The number of anilines is 2. The molecule has 2 aliphatic rings. The highest BCUT2D eigenvalue weighted by atomic mass is 19.1. The minimum atomic E-state index is -1.52. The second-order valence-electron chi connectivity index (χ2n) is 10.6. The lowest BCUT2D eigenvalue weighted by molar-refractivity contribution is -0.164. The molecule has 20 heteroatoms. The maximum atomic E-state index is 13.6. The van der Waals surface area contributed by atoms with E-state index in [1.807, 2.05) is 0 Å². The molecule has 0 bridgehead atoms. The Morgan fingerprint density at radius 2 is 1.43 bits per heavy atom. The lowest BCUT2D eigenvalue weighted by Crippen LogP contribution is -2.45. The van der Waals surface area contributed by atoms with Crippen molar-refractivity contribution in [2.45, 2.75) is 70.0 Å². The number of carbonyl (C=O) groups excluding carboxylic acids is 2. The third-order valence-electron chi connectivity index (χ3n) is 7.58. The fourth-order valence-corrected chi connectivity index (χ4v) is 5.24. The number of carbonyl (C=O) groups is 2. The molecule has 6 N–H and O–H groups in total. The van der Waals surface area contributed by atoms with E-state index in [0.29, 0.717) is 0 Å². The number of halogens is 2.